The highest BCUT2D eigenvalue weighted by Crippen LogP contribution is 2.39. The van der Waals surface area contributed by atoms with Crippen molar-refractivity contribution in [2.45, 2.75) is 63.6 Å². The summed E-state index contributed by atoms with van der Waals surface area (Å²) in [5.74, 6) is 0.677. The number of amides is 1. The smallest absolute Gasteiger partial charge is 0.407 e. The van der Waals surface area contributed by atoms with Crippen LogP contribution in [0.3, 0.4) is 0 Å². The van der Waals surface area contributed by atoms with Gasteiger partial charge in [0.1, 0.15) is 11.4 Å². The molecule has 0 saturated heterocycles. The minimum Gasteiger partial charge on any atom is -0.497 e. The van der Waals surface area contributed by atoms with Crippen LogP contribution < -0.4 is 14.8 Å². The van der Waals surface area contributed by atoms with Crippen LogP contribution in [0.5, 0.6) is 5.75 Å². The van der Waals surface area contributed by atoms with Crippen LogP contribution in [0.4, 0.5) is 4.79 Å². The van der Waals surface area contributed by atoms with Crippen molar-refractivity contribution in [3.05, 3.63) is 29.8 Å². The summed E-state index contributed by atoms with van der Waals surface area (Å²) in [5, 5.41) is 2.89. The molecule has 1 aliphatic rings. The molecule has 1 fully saturated rings. The predicted molar refractivity (Wildman–Crippen MR) is 104 cm³/mol. The van der Waals surface area contributed by atoms with E-state index in [0.29, 0.717) is 31.4 Å². The lowest BCUT2D eigenvalue weighted by Crippen LogP contribution is -2.51. The molecule has 0 bridgehead atoms. The van der Waals surface area contributed by atoms with Crippen molar-refractivity contribution in [1.82, 2.24) is 10.0 Å². The fourth-order valence-electron chi connectivity index (χ4n) is 3.45. The van der Waals surface area contributed by atoms with E-state index in [1.54, 1.807) is 7.11 Å². The Morgan fingerprint density at radius 3 is 2.37 bits per heavy atom. The molecule has 0 aliphatic heterocycles. The van der Waals surface area contributed by atoms with Crippen molar-refractivity contribution in [3.8, 4) is 5.75 Å². The molecule has 0 spiro atoms. The Balaban J connectivity index is 2.15. The first-order valence-corrected chi connectivity index (χ1v) is 10.9. The van der Waals surface area contributed by atoms with Crippen LogP contribution in [0.2, 0.25) is 0 Å². The summed E-state index contributed by atoms with van der Waals surface area (Å²) in [7, 11) is -1.84. The van der Waals surface area contributed by atoms with Gasteiger partial charge in [-0.3, -0.25) is 0 Å². The first-order valence-electron chi connectivity index (χ1n) is 9.05. The second kappa shape index (κ2) is 8.06. The minimum absolute atomic E-state index is 0.0556. The Morgan fingerprint density at radius 1 is 1.22 bits per heavy atom. The van der Waals surface area contributed by atoms with Crippen molar-refractivity contribution < 1.29 is 22.7 Å². The van der Waals surface area contributed by atoms with Crippen LogP contribution in [0.15, 0.2) is 24.3 Å². The van der Waals surface area contributed by atoms with Crippen LogP contribution in [0.1, 0.15) is 52.0 Å². The van der Waals surface area contributed by atoms with E-state index in [1.165, 1.54) is 6.26 Å². The summed E-state index contributed by atoms with van der Waals surface area (Å²) in [6.07, 6.45) is 3.12. The van der Waals surface area contributed by atoms with Crippen molar-refractivity contribution in [2.75, 3.05) is 13.4 Å². The van der Waals surface area contributed by atoms with Crippen molar-refractivity contribution >= 4 is 16.1 Å². The number of hydrogen-bond donors (Lipinski definition) is 2. The lowest BCUT2D eigenvalue weighted by Gasteiger charge is -2.41. The first-order chi connectivity index (χ1) is 12.4. The molecule has 152 valence electrons. The van der Waals surface area contributed by atoms with Crippen LogP contribution >= 0.6 is 0 Å². The number of nitrogens with one attached hydrogen (secondary N) is 2. The van der Waals surface area contributed by atoms with Crippen molar-refractivity contribution in [1.29, 1.82) is 0 Å². The zero-order chi connectivity index (χ0) is 20.3. The van der Waals surface area contributed by atoms with Crippen LogP contribution in [0.25, 0.3) is 0 Å². The first kappa shape index (κ1) is 21.5. The van der Waals surface area contributed by atoms with Gasteiger partial charge in [-0.25, -0.2) is 17.9 Å². The molecule has 7 nitrogen and oxygen atoms in total. The monoisotopic (exact) mass is 398 g/mol. The highest BCUT2D eigenvalue weighted by atomic mass is 32.2. The van der Waals surface area contributed by atoms with Gasteiger partial charge in [-0.05, 0) is 64.2 Å². The highest BCUT2D eigenvalue weighted by molar-refractivity contribution is 7.88. The van der Waals surface area contributed by atoms with E-state index < -0.39 is 27.3 Å². The van der Waals surface area contributed by atoms with Crippen LogP contribution in [-0.4, -0.2) is 39.5 Å². The van der Waals surface area contributed by atoms with E-state index in [1.807, 2.05) is 45.0 Å². The summed E-state index contributed by atoms with van der Waals surface area (Å²) in [6, 6.07) is 7.39. The Bertz CT molecular complexity index is 763. The number of ether oxygens (including phenoxy) is 2. The number of benzene rings is 1. The SMILES string of the molecule is COc1cccc(C2(NS(C)(=O)=O)CCC(NC(=O)OC(C)(C)C)CC2)c1. The van der Waals surface area contributed by atoms with Gasteiger partial charge in [-0.1, -0.05) is 12.1 Å². The van der Waals surface area contributed by atoms with Gasteiger partial charge in [0, 0.05) is 6.04 Å². The Morgan fingerprint density at radius 2 is 1.85 bits per heavy atom. The van der Waals surface area contributed by atoms with Crippen LogP contribution in [0, 0.1) is 0 Å². The average molecular weight is 399 g/mol. The molecule has 1 amide bonds. The number of hydrogen-bond acceptors (Lipinski definition) is 5. The molecular weight excluding hydrogens is 368 g/mol. The third-order valence-corrected chi connectivity index (χ3v) is 5.32. The van der Waals surface area contributed by atoms with E-state index in [2.05, 4.69) is 10.0 Å². The number of rotatable bonds is 5. The van der Waals surface area contributed by atoms with Gasteiger partial charge in [-0.2, -0.15) is 0 Å². The van der Waals surface area contributed by atoms with Gasteiger partial charge in [0.25, 0.3) is 0 Å². The number of carbonyl (C=O) groups excluding carboxylic acids is 1. The van der Waals surface area contributed by atoms with Gasteiger partial charge in [-0.15, -0.1) is 0 Å². The summed E-state index contributed by atoms with van der Waals surface area (Å²) in [5.41, 5.74) is -0.405. The quantitative estimate of drug-likeness (QED) is 0.795. The Hall–Kier alpha value is -1.80. The normalized spacial score (nSPS) is 23.5. The fourth-order valence-corrected chi connectivity index (χ4v) is 4.49. The number of carbonyl (C=O) groups is 1. The second-order valence-corrected chi connectivity index (χ2v) is 9.86. The molecule has 1 aliphatic carbocycles. The molecule has 8 heteroatoms. The Kier molecular flexibility index (Phi) is 6.42. The molecule has 1 aromatic carbocycles. The van der Waals surface area contributed by atoms with Gasteiger partial charge in [0.15, 0.2) is 0 Å². The molecular formula is C19H30N2O5S. The van der Waals surface area contributed by atoms with Gasteiger partial charge < -0.3 is 14.8 Å². The Labute approximate surface area is 161 Å². The van der Waals surface area contributed by atoms with E-state index in [9.17, 15) is 13.2 Å². The van der Waals surface area contributed by atoms with Gasteiger partial charge in [0.2, 0.25) is 10.0 Å². The molecule has 2 N–H and O–H groups in total. The zero-order valence-corrected chi connectivity index (χ0v) is 17.5. The average Bonchev–Trinajstić information content (AvgIpc) is 2.54. The number of alkyl carbamates (subject to hydrolysis) is 1. The molecule has 2 rings (SSSR count). The van der Waals surface area contributed by atoms with Crippen LogP contribution in [-0.2, 0) is 20.3 Å². The van der Waals surface area contributed by atoms with Crippen molar-refractivity contribution in [2.24, 2.45) is 0 Å². The van der Waals surface area contributed by atoms with E-state index in [0.717, 1.165) is 5.56 Å². The lowest BCUT2D eigenvalue weighted by molar-refractivity contribution is 0.0481. The van der Waals surface area contributed by atoms with E-state index in [4.69, 9.17) is 9.47 Å². The zero-order valence-electron chi connectivity index (χ0n) is 16.7. The fraction of sp³-hybridized carbons (Fsp3) is 0.632. The molecule has 0 unspecified atom stereocenters. The standard InChI is InChI=1S/C19H30N2O5S/c1-18(2,3)26-17(22)20-15-9-11-19(12-10-15,21-27(5,23)24)14-7-6-8-16(13-14)25-4/h6-8,13,15,21H,9-12H2,1-5H3,(H,20,22). The number of methoxy groups -OCH3 is 1. The molecule has 0 atom stereocenters. The maximum Gasteiger partial charge on any atom is 0.407 e. The highest BCUT2D eigenvalue weighted by Gasteiger charge is 2.40. The van der Waals surface area contributed by atoms with E-state index >= 15 is 0 Å². The predicted octanol–water partition coefficient (Wildman–Crippen LogP) is 2.91. The van der Waals surface area contributed by atoms with Gasteiger partial charge >= 0.3 is 6.09 Å². The molecule has 1 aromatic rings. The summed E-state index contributed by atoms with van der Waals surface area (Å²) < 4.78 is 37.5. The molecule has 0 heterocycles. The topological polar surface area (TPSA) is 93.7 Å². The number of sulfonamides is 1. The third-order valence-electron chi connectivity index (χ3n) is 4.56. The third kappa shape index (κ3) is 6.39. The van der Waals surface area contributed by atoms with Gasteiger partial charge in [0.05, 0.1) is 18.9 Å². The second-order valence-electron chi connectivity index (χ2n) is 8.11. The minimum atomic E-state index is -3.42. The largest absolute Gasteiger partial charge is 0.497 e. The lowest BCUT2D eigenvalue weighted by atomic mass is 9.75. The van der Waals surface area contributed by atoms with Crippen molar-refractivity contribution in [3.63, 3.8) is 0 Å². The maximum absolute atomic E-state index is 12.0. The summed E-state index contributed by atoms with van der Waals surface area (Å²) in [4.78, 5) is 12.0. The molecule has 0 radical (unpaired) electrons. The molecule has 1 saturated carbocycles. The van der Waals surface area contributed by atoms with E-state index in [-0.39, 0.29) is 6.04 Å². The molecule has 0 aromatic heterocycles. The summed E-state index contributed by atoms with van der Waals surface area (Å²) >= 11 is 0. The maximum atomic E-state index is 12.0. The summed E-state index contributed by atoms with van der Waals surface area (Å²) in [6.45, 7) is 5.45. The molecule has 27 heavy (non-hydrogen) atoms.